The number of aliphatic carboxylic acids is 1. The summed E-state index contributed by atoms with van der Waals surface area (Å²) in [6.07, 6.45) is 3.88. The maximum atomic E-state index is 11.4. The number of aromatic nitrogens is 2. The number of hydrogen-bond donors (Lipinski definition) is 1. The van der Waals surface area contributed by atoms with Gasteiger partial charge in [-0.25, -0.2) is 4.98 Å². The van der Waals surface area contributed by atoms with Gasteiger partial charge in [0.05, 0.1) is 11.0 Å². The van der Waals surface area contributed by atoms with E-state index >= 15 is 0 Å². The molecule has 0 atom stereocenters. The molecule has 0 saturated carbocycles. The number of fused-ring (bicyclic) bond motifs is 1. The van der Waals surface area contributed by atoms with Crippen LogP contribution in [0.3, 0.4) is 0 Å². The van der Waals surface area contributed by atoms with Crippen molar-refractivity contribution in [2.24, 2.45) is 0 Å². The number of nitrogens with zero attached hydrogens (tertiary/aromatic N) is 3. The van der Waals surface area contributed by atoms with Gasteiger partial charge in [-0.15, -0.1) is 0 Å². The summed E-state index contributed by atoms with van der Waals surface area (Å²) in [6, 6.07) is 15.3. The molecule has 6 heteroatoms. The fourth-order valence-electron chi connectivity index (χ4n) is 3.79. The number of piperidine rings is 1. The molecule has 3 aromatic rings. The first kappa shape index (κ1) is 18.5. The van der Waals surface area contributed by atoms with Crippen LogP contribution in [0.1, 0.15) is 19.3 Å². The average molecular weight is 379 g/mol. The summed E-state index contributed by atoms with van der Waals surface area (Å²) in [5.41, 5.74) is 2.46. The number of carboxylic acids is 1. The average Bonchev–Trinajstić information content (AvgIpc) is 3.07. The second kappa shape index (κ2) is 8.44. The highest BCUT2D eigenvalue weighted by Gasteiger charge is 2.15. The van der Waals surface area contributed by atoms with Crippen molar-refractivity contribution < 1.29 is 14.6 Å². The van der Waals surface area contributed by atoms with E-state index in [0.717, 1.165) is 42.0 Å². The minimum Gasteiger partial charge on any atom is -0.492 e. The van der Waals surface area contributed by atoms with E-state index in [1.807, 2.05) is 48.5 Å². The fourth-order valence-corrected chi connectivity index (χ4v) is 3.79. The Morgan fingerprint density at radius 1 is 1.07 bits per heavy atom. The molecule has 1 N–H and O–H groups in total. The van der Waals surface area contributed by atoms with E-state index in [1.54, 1.807) is 4.57 Å². The molecule has 1 aliphatic rings. The van der Waals surface area contributed by atoms with Gasteiger partial charge in [0.2, 0.25) is 0 Å². The van der Waals surface area contributed by atoms with Crippen LogP contribution in [0.25, 0.3) is 22.4 Å². The highest BCUT2D eigenvalue weighted by Crippen LogP contribution is 2.27. The van der Waals surface area contributed by atoms with Crippen molar-refractivity contribution in [2.45, 2.75) is 25.8 Å². The third-order valence-electron chi connectivity index (χ3n) is 5.17. The van der Waals surface area contributed by atoms with Gasteiger partial charge >= 0.3 is 5.97 Å². The molecule has 0 spiro atoms. The van der Waals surface area contributed by atoms with Crippen LogP contribution in [-0.2, 0) is 11.3 Å². The zero-order valence-electron chi connectivity index (χ0n) is 15.9. The van der Waals surface area contributed by atoms with Crippen molar-refractivity contribution in [1.82, 2.24) is 14.5 Å². The predicted molar refractivity (Wildman–Crippen MR) is 109 cm³/mol. The van der Waals surface area contributed by atoms with Gasteiger partial charge in [0, 0.05) is 12.1 Å². The number of rotatable bonds is 7. The van der Waals surface area contributed by atoms with Gasteiger partial charge in [-0.3, -0.25) is 9.69 Å². The van der Waals surface area contributed by atoms with Gasteiger partial charge in [0.1, 0.15) is 24.7 Å². The lowest BCUT2D eigenvalue weighted by Gasteiger charge is -2.26. The van der Waals surface area contributed by atoms with E-state index in [2.05, 4.69) is 9.88 Å². The Balaban J connectivity index is 1.54. The van der Waals surface area contributed by atoms with Gasteiger partial charge in [0.15, 0.2) is 0 Å². The lowest BCUT2D eigenvalue weighted by Crippen LogP contribution is -2.33. The summed E-state index contributed by atoms with van der Waals surface area (Å²) in [5.74, 6) is 0.534. The summed E-state index contributed by atoms with van der Waals surface area (Å²) in [7, 11) is 0. The minimum atomic E-state index is -0.890. The molecule has 28 heavy (non-hydrogen) atoms. The molecule has 0 amide bonds. The zero-order chi connectivity index (χ0) is 19.3. The number of benzene rings is 2. The van der Waals surface area contributed by atoms with E-state index < -0.39 is 5.97 Å². The van der Waals surface area contributed by atoms with Crippen LogP contribution in [0.2, 0.25) is 0 Å². The molecule has 2 heterocycles. The minimum absolute atomic E-state index is 0.129. The molecule has 0 radical (unpaired) electrons. The summed E-state index contributed by atoms with van der Waals surface area (Å²) < 4.78 is 7.71. The second-order valence-electron chi connectivity index (χ2n) is 7.18. The number of imidazole rings is 1. The Hall–Kier alpha value is -2.86. The second-order valence-corrected chi connectivity index (χ2v) is 7.18. The molecule has 146 valence electrons. The number of carboxylic acid groups (broad SMARTS) is 1. The molecule has 0 unspecified atom stereocenters. The Bertz CT molecular complexity index is 961. The molecule has 1 saturated heterocycles. The highest BCUT2D eigenvalue weighted by atomic mass is 16.5. The lowest BCUT2D eigenvalue weighted by molar-refractivity contribution is -0.137. The third kappa shape index (κ3) is 4.17. The summed E-state index contributed by atoms with van der Waals surface area (Å²) in [6.45, 7) is 3.76. The standard InChI is InChI=1S/C22H25N3O3/c26-21(27)16-25-20-10-3-2-9-19(20)23-22(25)17-7-6-8-18(15-17)28-14-13-24-11-4-1-5-12-24/h2-3,6-10,15H,1,4-5,11-14,16H2,(H,26,27). The Kier molecular flexibility index (Phi) is 5.58. The van der Waals surface area contributed by atoms with Crippen molar-refractivity contribution in [3.63, 3.8) is 0 Å². The van der Waals surface area contributed by atoms with Crippen molar-refractivity contribution in [1.29, 1.82) is 0 Å². The first-order valence-corrected chi connectivity index (χ1v) is 9.83. The van der Waals surface area contributed by atoms with Gasteiger partial charge < -0.3 is 14.4 Å². The molecule has 1 aliphatic heterocycles. The van der Waals surface area contributed by atoms with E-state index in [4.69, 9.17) is 4.74 Å². The molecule has 0 bridgehead atoms. The number of carbonyl (C=O) groups is 1. The molecule has 4 rings (SSSR count). The van der Waals surface area contributed by atoms with Crippen molar-refractivity contribution in [2.75, 3.05) is 26.2 Å². The number of ether oxygens (including phenoxy) is 1. The molecular formula is C22H25N3O3. The Morgan fingerprint density at radius 2 is 1.89 bits per heavy atom. The van der Waals surface area contributed by atoms with E-state index in [1.165, 1.54) is 19.3 Å². The van der Waals surface area contributed by atoms with Crippen LogP contribution in [-0.4, -0.2) is 51.8 Å². The summed E-state index contributed by atoms with van der Waals surface area (Å²) in [5, 5.41) is 9.33. The van der Waals surface area contributed by atoms with Crippen molar-refractivity contribution in [3.8, 4) is 17.1 Å². The normalized spacial score (nSPS) is 15.0. The fraction of sp³-hybridized carbons (Fsp3) is 0.364. The number of para-hydroxylation sites is 2. The topological polar surface area (TPSA) is 67.6 Å². The monoisotopic (exact) mass is 379 g/mol. The van der Waals surface area contributed by atoms with Gasteiger partial charge in [-0.2, -0.15) is 0 Å². The van der Waals surface area contributed by atoms with E-state index in [9.17, 15) is 9.90 Å². The zero-order valence-corrected chi connectivity index (χ0v) is 15.9. The number of likely N-dealkylation sites (tertiary alicyclic amines) is 1. The maximum absolute atomic E-state index is 11.4. The van der Waals surface area contributed by atoms with Gasteiger partial charge in [0.25, 0.3) is 0 Å². The molecular weight excluding hydrogens is 354 g/mol. The van der Waals surface area contributed by atoms with Crippen molar-refractivity contribution >= 4 is 17.0 Å². The third-order valence-corrected chi connectivity index (χ3v) is 5.17. The largest absolute Gasteiger partial charge is 0.492 e. The van der Waals surface area contributed by atoms with Gasteiger partial charge in [-0.1, -0.05) is 30.7 Å². The van der Waals surface area contributed by atoms with Crippen LogP contribution >= 0.6 is 0 Å². The van der Waals surface area contributed by atoms with Crippen LogP contribution in [0.4, 0.5) is 0 Å². The molecule has 1 aromatic heterocycles. The Labute approximate surface area is 164 Å². The summed E-state index contributed by atoms with van der Waals surface area (Å²) in [4.78, 5) is 18.5. The van der Waals surface area contributed by atoms with Gasteiger partial charge in [-0.05, 0) is 50.2 Å². The van der Waals surface area contributed by atoms with Crippen molar-refractivity contribution in [3.05, 3.63) is 48.5 Å². The van der Waals surface area contributed by atoms with E-state index in [-0.39, 0.29) is 6.54 Å². The van der Waals surface area contributed by atoms with Crippen LogP contribution < -0.4 is 4.74 Å². The lowest BCUT2D eigenvalue weighted by atomic mass is 10.1. The summed E-state index contributed by atoms with van der Waals surface area (Å²) >= 11 is 0. The Morgan fingerprint density at radius 3 is 2.71 bits per heavy atom. The maximum Gasteiger partial charge on any atom is 0.323 e. The molecule has 2 aromatic carbocycles. The highest BCUT2D eigenvalue weighted by molar-refractivity contribution is 5.83. The van der Waals surface area contributed by atoms with E-state index in [0.29, 0.717) is 12.4 Å². The molecule has 0 aliphatic carbocycles. The number of hydrogen-bond acceptors (Lipinski definition) is 4. The SMILES string of the molecule is O=C(O)Cn1c(-c2cccc(OCCN3CCCCC3)c2)nc2ccccc21. The molecule has 6 nitrogen and oxygen atoms in total. The first-order chi connectivity index (χ1) is 13.7. The predicted octanol–water partition coefficient (Wildman–Crippen LogP) is 3.65. The van der Waals surface area contributed by atoms with Crippen LogP contribution in [0, 0.1) is 0 Å². The smallest absolute Gasteiger partial charge is 0.323 e. The molecule has 1 fully saturated rings. The first-order valence-electron chi connectivity index (χ1n) is 9.83. The van der Waals surface area contributed by atoms with Crippen LogP contribution in [0.5, 0.6) is 5.75 Å². The quantitative estimate of drug-likeness (QED) is 0.679. The van der Waals surface area contributed by atoms with Crippen LogP contribution in [0.15, 0.2) is 48.5 Å².